The molecule has 8 nitrogen and oxygen atoms in total. The lowest BCUT2D eigenvalue weighted by atomic mass is 9.88. The Morgan fingerprint density at radius 3 is 2.55 bits per heavy atom. The van der Waals surface area contributed by atoms with Gasteiger partial charge in [-0.2, -0.15) is 4.31 Å². The Balaban J connectivity index is 1.37. The summed E-state index contributed by atoms with van der Waals surface area (Å²) in [4.78, 5) is 12.6. The maximum Gasteiger partial charge on any atom is 0.255 e. The molecule has 2 aliphatic carbocycles. The normalized spacial score (nSPS) is 30.8. The molecule has 0 spiro atoms. The van der Waals surface area contributed by atoms with Crippen LogP contribution in [0.25, 0.3) is 0 Å². The summed E-state index contributed by atoms with van der Waals surface area (Å²) in [5, 5.41) is 17.0. The average molecular weight is 417 g/mol. The Hall–Kier alpha value is -2.23. The van der Waals surface area contributed by atoms with Crippen LogP contribution in [0, 0.1) is 31.6 Å². The highest BCUT2D eigenvalue weighted by molar-refractivity contribution is 7.89. The van der Waals surface area contributed by atoms with E-state index in [0.717, 1.165) is 12.8 Å². The lowest BCUT2D eigenvalue weighted by Crippen LogP contribution is -2.43. The topological polar surface area (TPSA) is 113 Å². The quantitative estimate of drug-likeness (QED) is 0.786. The molecule has 2 N–H and O–H groups in total. The van der Waals surface area contributed by atoms with Crippen molar-refractivity contribution in [3.05, 3.63) is 41.3 Å². The lowest BCUT2D eigenvalue weighted by Gasteiger charge is -2.28. The minimum atomic E-state index is -3.72. The number of amides is 1. The highest BCUT2D eigenvalue weighted by Crippen LogP contribution is 2.56. The molecule has 1 amide bonds. The van der Waals surface area contributed by atoms with Crippen molar-refractivity contribution in [3.63, 3.8) is 0 Å². The van der Waals surface area contributed by atoms with Crippen molar-refractivity contribution in [2.45, 2.75) is 43.7 Å². The summed E-state index contributed by atoms with van der Waals surface area (Å²) in [5.74, 6) is 0.988. The molecule has 1 aromatic heterocycles. The fraction of sp³-hybridized carbons (Fsp3) is 0.500. The van der Waals surface area contributed by atoms with Crippen molar-refractivity contribution in [3.8, 4) is 0 Å². The van der Waals surface area contributed by atoms with Crippen LogP contribution in [0.1, 0.15) is 34.7 Å². The molecular formula is C20H23N3O5S. The summed E-state index contributed by atoms with van der Waals surface area (Å²) in [6.07, 6.45) is 1.26. The molecule has 0 radical (unpaired) electrons. The predicted octanol–water partition coefficient (Wildman–Crippen LogP) is 1.93. The molecule has 9 heteroatoms. The number of nitrogens with one attached hydrogen (secondary N) is 1. The van der Waals surface area contributed by atoms with Crippen LogP contribution < -0.4 is 5.32 Å². The third kappa shape index (κ3) is 2.75. The third-order valence-corrected chi connectivity index (χ3v) is 8.68. The number of hydrogen-bond donors (Lipinski definition) is 2. The van der Waals surface area contributed by atoms with Gasteiger partial charge in [-0.15, -0.1) is 0 Å². The summed E-state index contributed by atoms with van der Waals surface area (Å²) in [6.45, 7) is 3.91. The highest BCUT2D eigenvalue weighted by atomic mass is 32.2. The summed E-state index contributed by atoms with van der Waals surface area (Å²) >= 11 is 0. The van der Waals surface area contributed by atoms with Gasteiger partial charge in [0.15, 0.2) is 5.76 Å². The summed E-state index contributed by atoms with van der Waals surface area (Å²) in [5.41, 5.74) is 1.43. The second kappa shape index (κ2) is 6.38. The number of aliphatic hydroxyl groups is 1. The van der Waals surface area contributed by atoms with Crippen LogP contribution >= 0.6 is 0 Å². The van der Waals surface area contributed by atoms with E-state index in [4.69, 9.17) is 4.52 Å². The molecule has 1 saturated heterocycles. The number of sulfonamides is 1. The van der Waals surface area contributed by atoms with Gasteiger partial charge in [0, 0.05) is 12.1 Å². The van der Waals surface area contributed by atoms with Gasteiger partial charge in [-0.1, -0.05) is 5.16 Å². The Labute approximate surface area is 168 Å². The predicted molar refractivity (Wildman–Crippen MR) is 104 cm³/mol. The molecule has 3 aliphatic rings. The van der Waals surface area contributed by atoms with Crippen LogP contribution in [0.15, 0.2) is 33.7 Å². The first-order valence-corrected chi connectivity index (χ1v) is 11.3. The zero-order chi connectivity index (χ0) is 20.5. The second-order valence-corrected chi connectivity index (χ2v) is 10.3. The molecule has 1 aliphatic heterocycles. The van der Waals surface area contributed by atoms with Gasteiger partial charge in [-0.3, -0.25) is 4.79 Å². The first-order chi connectivity index (χ1) is 13.8. The molecule has 5 rings (SSSR count). The Morgan fingerprint density at radius 2 is 1.93 bits per heavy atom. The third-order valence-electron chi connectivity index (χ3n) is 6.80. The number of carbonyl (C=O) groups excluding carboxylic acids is 1. The average Bonchev–Trinajstić information content (AvgIpc) is 3.40. The molecule has 1 aromatic carbocycles. The monoisotopic (exact) mass is 417 g/mol. The first kappa shape index (κ1) is 18.8. The molecule has 2 heterocycles. The van der Waals surface area contributed by atoms with Crippen LogP contribution in [0.2, 0.25) is 0 Å². The van der Waals surface area contributed by atoms with Gasteiger partial charge in [0.05, 0.1) is 17.0 Å². The van der Waals surface area contributed by atoms with Gasteiger partial charge in [-0.05, 0) is 68.7 Å². The van der Waals surface area contributed by atoms with Crippen molar-refractivity contribution in [1.29, 1.82) is 0 Å². The summed E-state index contributed by atoms with van der Waals surface area (Å²) in [6, 6.07) is 5.59. The maximum atomic E-state index is 13.2. The van der Waals surface area contributed by atoms with Crippen LogP contribution in [-0.4, -0.2) is 47.6 Å². The lowest BCUT2D eigenvalue weighted by molar-refractivity contribution is 0.0731. The zero-order valence-corrected chi connectivity index (χ0v) is 17.0. The van der Waals surface area contributed by atoms with E-state index in [1.807, 2.05) is 0 Å². The van der Waals surface area contributed by atoms with E-state index >= 15 is 0 Å². The van der Waals surface area contributed by atoms with Gasteiger partial charge in [0.25, 0.3) is 5.91 Å². The number of aromatic nitrogens is 1. The van der Waals surface area contributed by atoms with E-state index in [2.05, 4.69) is 10.5 Å². The van der Waals surface area contributed by atoms with Gasteiger partial charge >= 0.3 is 0 Å². The molecule has 29 heavy (non-hydrogen) atoms. The maximum absolute atomic E-state index is 13.2. The van der Waals surface area contributed by atoms with Crippen LogP contribution in [0.5, 0.6) is 0 Å². The SMILES string of the molecule is Cc1noc(C)c1NC(=O)c1ccc(S(=O)(=O)N2CC3CC4CC3C2C4O)cc1. The number of aliphatic hydroxyl groups excluding tert-OH is 1. The Bertz CT molecular complexity index is 1060. The fourth-order valence-corrected chi connectivity index (χ4v) is 7.14. The van der Waals surface area contributed by atoms with E-state index < -0.39 is 16.1 Å². The molecule has 2 saturated carbocycles. The van der Waals surface area contributed by atoms with Gasteiger partial charge < -0.3 is 14.9 Å². The van der Waals surface area contributed by atoms with Crippen molar-refractivity contribution in [2.75, 3.05) is 11.9 Å². The van der Waals surface area contributed by atoms with Crippen molar-refractivity contribution in [2.24, 2.45) is 17.8 Å². The first-order valence-electron chi connectivity index (χ1n) is 9.81. The van der Waals surface area contributed by atoms with Gasteiger partial charge in [-0.25, -0.2) is 8.42 Å². The standard InChI is InChI=1S/C20H23N3O5S/c1-10-17(11(2)28-22-10)21-20(25)12-3-5-15(6-4-12)29(26,27)23-9-14-7-13-8-16(14)18(23)19(13)24/h3-6,13-14,16,18-19,24H,7-9H2,1-2H3,(H,21,25). The number of hydrogen-bond acceptors (Lipinski definition) is 6. The van der Waals surface area contributed by atoms with Crippen molar-refractivity contribution in [1.82, 2.24) is 9.46 Å². The Morgan fingerprint density at radius 1 is 1.21 bits per heavy atom. The summed E-state index contributed by atoms with van der Waals surface area (Å²) < 4.78 is 32.9. The number of rotatable bonds is 4. The molecule has 2 bridgehead atoms. The van der Waals surface area contributed by atoms with Crippen molar-refractivity contribution >= 4 is 21.6 Å². The minimum Gasteiger partial charge on any atom is -0.391 e. The van der Waals surface area contributed by atoms with E-state index in [-0.39, 0.29) is 28.7 Å². The second-order valence-electron chi connectivity index (χ2n) is 8.39. The molecule has 3 fully saturated rings. The number of carbonyl (C=O) groups is 1. The van der Waals surface area contributed by atoms with Crippen LogP contribution in [-0.2, 0) is 10.0 Å². The number of fused-ring (bicyclic) bond motifs is 1. The molecule has 154 valence electrons. The van der Waals surface area contributed by atoms with E-state index in [1.165, 1.54) is 28.6 Å². The van der Waals surface area contributed by atoms with E-state index in [1.54, 1.807) is 13.8 Å². The van der Waals surface area contributed by atoms with Gasteiger partial charge in [0.1, 0.15) is 11.4 Å². The van der Waals surface area contributed by atoms with Crippen molar-refractivity contribution < 1.29 is 22.8 Å². The van der Waals surface area contributed by atoms with Crippen LogP contribution in [0.3, 0.4) is 0 Å². The molecule has 5 unspecified atom stereocenters. The van der Waals surface area contributed by atoms with Gasteiger partial charge in [0.2, 0.25) is 10.0 Å². The minimum absolute atomic E-state index is 0.142. The van der Waals surface area contributed by atoms with E-state index in [9.17, 15) is 18.3 Å². The number of nitrogens with zero attached hydrogens (tertiary/aromatic N) is 2. The number of benzene rings is 1. The van der Waals surface area contributed by atoms with E-state index in [0.29, 0.717) is 35.2 Å². The summed E-state index contributed by atoms with van der Waals surface area (Å²) in [7, 11) is -3.72. The smallest absolute Gasteiger partial charge is 0.255 e. The molecule has 2 aromatic rings. The number of anilines is 1. The number of aryl methyl sites for hydroxylation is 2. The molecule has 5 atom stereocenters. The highest BCUT2D eigenvalue weighted by Gasteiger charge is 2.61. The zero-order valence-electron chi connectivity index (χ0n) is 16.2. The molecular weight excluding hydrogens is 394 g/mol. The largest absolute Gasteiger partial charge is 0.391 e. The fourth-order valence-electron chi connectivity index (χ4n) is 5.40. The Kier molecular flexibility index (Phi) is 4.13. The van der Waals surface area contributed by atoms with Crippen LogP contribution in [0.4, 0.5) is 5.69 Å².